The number of ether oxygens (including phenoxy) is 1. The summed E-state index contributed by atoms with van der Waals surface area (Å²) in [5, 5.41) is 12.2. The van der Waals surface area contributed by atoms with Crippen molar-refractivity contribution in [2.24, 2.45) is 0 Å². The number of aliphatic hydroxyl groups is 1. The average Bonchev–Trinajstić information content (AvgIpc) is 2.65. The lowest BCUT2D eigenvalue weighted by molar-refractivity contribution is 0.187. The van der Waals surface area contributed by atoms with E-state index >= 15 is 0 Å². The Labute approximate surface area is 118 Å². The van der Waals surface area contributed by atoms with Crippen molar-refractivity contribution in [2.75, 3.05) is 13.7 Å². The number of hydrogen-bond acceptors (Lipinski definition) is 3. The van der Waals surface area contributed by atoms with Crippen molar-refractivity contribution in [3.63, 3.8) is 0 Å². The minimum absolute atomic E-state index is 0.0367. The van der Waals surface area contributed by atoms with Crippen molar-refractivity contribution in [3.05, 3.63) is 24.3 Å². The first-order chi connectivity index (χ1) is 8.97. The quantitative estimate of drug-likeness (QED) is 0.865. The molecule has 1 N–H and O–H groups in total. The van der Waals surface area contributed by atoms with Gasteiger partial charge in [0.25, 0.3) is 0 Å². The largest absolute Gasteiger partial charge is 0.497 e. The molecule has 0 aliphatic carbocycles. The van der Waals surface area contributed by atoms with Crippen LogP contribution in [0.2, 0.25) is 0 Å². The summed E-state index contributed by atoms with van der Waals surface area (Å²) in [7, 11) is 1.60. The lowest BCUT2D eigenvalue weighted by atomic mass is 10.0. The van der Waals surface area contributed by atoms with Crippen LogP contribution < -0.4 is 4.74 Å². The molecule has 1 aromatic carbocycles. The van der Waals surface area contributed by atoms with Gasteiger partial charge in [-0.05, 0) is 56.8 Å². The van der Waals surface area contributed by atoms with E-state index in [1.165, 1.54) is 4.90 Å². The van der Waals surface area contributed by atoms with Gasteiger partial charge in [0.15, 0.2) is 0 Å². The smallest absolute Gasteiger partial charge is 0.118 e. The Kier molecular flexibility index (Phi) is 4.33. The molecule has 1 aliphatic rings. The van der Waals surface area contributed by atoms with E-state index in [2.05, 4.69) is 42.6 Å². The molecule has 106 valence electrons. The van der Waals surface area contributed by atoms with Gasteiger partial charge in [-0.15, -0.1) is 0 Å². The summed E-state index contributed by atoms with van der Waals surface area (Å²) in [6.07, 6.45) is 0.615. The maximum atomic E-state index is 9.94. The Morgan fingerprint density at radius 3 is 2.42 bits per heavy atom. The van der Waals surface area contributed by atoms with Crippen LogP contribution in [0.25, 0.3) is 0 Å². The molecular weight excluding hydrogens is 258 g/mol. The third-order valence-corrected chi connectivity index (χ3v) is 5.87. The van der Waals surface area contributed by atoms with Crippen molar-refractivity contribution >= 4 is 16.0 Å². The Morgan fingerprint density at radius 1 is 1.37 bits per heavy atom. The second-order valence-electron chi connectivity index (χ2n) is 5.46. The highest BCUT2D eigenvalue weighted by Gasteiger charge is 2.39. The highest BCUT2D eigenvalue weighted by atomic mass is 32.2. The van der Waals surface area contributed by atoms with E-state index in [1.54, 1.807) is 7.11 Å². The molecule has 19 heavy (non-hydrogen) atoms. The Hall–Kier alpha value is -0.840. The first kappa shape index (κ1) is 14.6. The van der Waals surface area contributed by atoms with E-state index in [9.17, 15) is 5.11 Å². The molecular formula is C15H23NO2S. The van der Waals surface area contributed by atoms with E-state index < -0.39 is 0 Å². The monoisotopic (exact) mass is 281 g/mol. The van der Waals surface area contributed by atoms with Crippen LogP contribution in [0.15, 0.2) is 29.2 Å². The molecule has 0 radical (unpaired) electrons. The molecule has 1 fully saturated rings. The van der Waals surface area contributed by atoms with Gasteiger partial charge in [-0.1, -0.05) is 10.7 Å². The van der Waals surface area contributed by atoms with Gasteiger partial charge in [0.05, 0.1) is 13.2 Å². The van der Waals surface area contributed by atoms with E-state index in [0.717, 1.165) is 18.7 Å². The number of rotatable bonds is 3. The van der Waals surface area contributed by atoms with Gasteiger partial charge in [0.2, 0.25) is 0 Å². The summed E-state index contributed by atoms with van der Waals surface area (Å²) in [4.78, 5) is 1.27. The standard InChI is InChI=1S/C15H23NO2S/c1-5-19(14-8-6-13(18-4)7-9-14)16-11-12(17)10-15(16,2)3/h5-9,12,17H,10-11H2,1-4H3/t12-,19?/m0/s1. The van der Waals surface area contributed by atoms with Crippen LogP contribution in [0.3, 0.4) is 0 Å². The number of β-amino-alcohol motifs (C(OH)–C–C–N with tert-alkyl or cyclic N) is 1. The van der Waals surface area contributed by atoms with Gasteiger partial charge in [0, 0.05) is 17.0 Å². The molecule has 0 bridgehead atoms. The zero-order valence-corrected chi connectivity index (χ0v) is 12.9. The van der Waals surface area contributed by atoms with Crippen LogP contribution in [0.5, 0.6) is 5.75 Å². The molecule has 1 aliphatic heterocycles. The molecule has 1 heterocycles. The number of nitrogens with zero attached hydrogens (tertiary/aromatic N) is 1. The highest BCUT2D eigenvalue weighted by molar-refractivity contribution is 8.13. The molecule has 2 rings (SSSR count). The molecule has 4 heteroatoms. The van der Waals surface area contributed by atoms with Gasteiger partial charge in [-0.3, -0.25) is 0 Å². The Morgan fingerprint density at radius 2 is 2.00 bits per heavy atom. The van der Waals surface area contributed by atoms with E-state index in [-0.39, 0.29) is 22.3 Å². The lowest BCUT2D eigenvalue weighted by Crippen LogP contribution is -2.34. The second kappa shape index (κ2) is 5.65. The van der Waals surface area contributed by atoms with Crippen LogP contribution in [0, 0.1) is 0 Å². The molecule has 0 saturated carbocycles. The molecule has 0 amide bonds. The number of methoxy groups -OCH3 is 1. The SMILES string of the molecule is C/C=S(\c1ccc(OC)cc1)N1C[C@@H](O)CC1(C)C. The zero-order chi connectivity index (χ0) is 14.0. The zero-order valence-electron chi connectivity index (χ0n) is 12.1. The van der Waals surface area contributed by atoms with Crippen molar-refractivity contribution in [1.82, 2.24) is 4.31 Å². The number of hydrogen-bond donors (Lipinski definition) is 1. The maximum absolute atomic E-state index is 9.94. The molecule has 0 spiro atoms. The third-order valence-electron chi connectivity index (χ3n) is 3.55. The minimum atomic E-state index is -0.219. The van der Waals surface area contributed by atoms with Gasteiger partial charge in [-0.2, -0.15) is 0 Å². The van der Waals surface area contributed by atoms with Crippen LogP contribution in [-0.4, -0.2) is 40.1 Å². The summed E-state index contributed by atoms with van der Waals surface area (Å²) in [6, 6.07) is 8.22. The lowest BCUT2D eigenvalue weighted by Gasteiger charge is -2.34. The van der Waals surface area contributed by atoms with Gasteiger partial charge in [-0.25, -0.2) is 4.31 Å². The first-order valence-corrected chi connectivity index (χ1v) is 7.85. The van der Waals surface area contributed by atoms with Crippen molar-refractivity contribution in [1.29, 1.82) is 0 Å². The van der Waals surface area contributed by atoms with Gasteiger partial charge < -0.3 is 9.84 Å². The fourth-order valence-electron chi connectivity index (χ4n) is 2.63. The van der Waals surface area contributed by atoms with Crippen molar-refractivity contribution < 1.29 is 9.84 Å². The predicted molar refractivity (Wildman–Crippen MR) is 82.0 cm³/mol. The fourth-order valence-corrected chi connectivity index (χ4v) is 4.77. The summed E-state index contributed by atoms with van der Waals surface area (Å²) in [6.45, 7) is 7.24. The van der Waals surface area contributed by atoms with Gasteiger partial charge in [0.1, 0.15) is 5.75 Å². The summed E-state index contributed by atoms with van der Waals surface area (Å²) >= 11 is 0. The Balaban J connectivity index is 2.30. The third kappa shape index (κ3) is 3.02. The van der Waals surface area contributed by atoms with Crippen LogP contribution in [-0.2, 0) is 0 Å². The normalized spacial score (nSPS) is 24.6. The number of benzene rings is 1. The van der Waals surface area contributed by atoms with Crippen LogP contribution in [0.1, 0.15) is 27.2 Å². The summed E-state index contributed by atoms with van der Waals surface area (Å²) < 4.78 is 7.61. The molecule has 0 aromatic heterocycles. The maximum Gasteiger partial charge on any atom is 0.118 e. The van der Waals surface area contributed by atoms with E-state index in [0.29, 0.717) is 0 Å². The molecule has 3 nitrogen and oxygen atoms in total. The molecule has 1 unspecified atom stereocenters. The summed E-state index contributed by atoms with van der Waals surface area (Å²) in [5.74, 6) is 0.879. The van der Waals surface area contributed by atoms with Crippen molar-refractivity contribution in [2.45, 2.75) is 43.7 Å². The van der Waals surface area contributed by atoms with Crippen molar-refractivity contribution in [3.8, 4) is 5.75 Å². The minimum Gasteiger partial charge on any atom is -0.497 e. The molecule has 2 atom stereocenters. The first-order valence-electron chi connectivity index (χ1n) is 6.60. The van der Waals surface area contributed by atoms with Gasteiger partial charge >= 0.3 is 0 Å². The predicted octanol–water partition coefficient (Wildman–Crippen LogP) is 2.91. The second-order valence-corrected chi connectivity index (χ2v) is 7.47. The average molecular weight is 281 g/mol. The van der Waals surface area contributed by atoms with Crippen LogP contribution in [0.4, 0.5) is 0 Å². The highest BCUT2D eigenvalue weighted by Crippen LogP contribution is 2.42. The fraction of sp³-hybridized carbons (Fsp3) is 0.533. The number of aliphatic hydroxyl groups excluding tert-OH is 1. The van der Waals surface area contributed by atoms with E-state index in [1.807, 2.05) is 12.1 Å². The molecule has 1 aromatic rings. The Bertz CT molecular complexity index is 468. The topological polar surface area (TPSA) is 32.7 Å². The van der Waals surface area contributed by atoms with Crippen LogP contribution >= 0.6 is 10.7 Å². The molecule has 1 saturated heterocycles. The van der Waals surface area contributed by atoms with E-state index in [4.69, 9.17) is 4.74 Å². The summed E-state index contributed by atoms with van der Waals surface area (Å²) in [5.41, 5.74) is 0.0367.